The molecule has 0 bridgehead atoms. The highest BCUT2D eigenvalue weighted by atomic mass is 16.3. The number of fused-ring (bicyclic) bond motifs is 3. The minimum Gasteiger partial charge on any atom is -0.455 e. The third-order valence-electron chi connectivity index (χ3n) is 8.69. The van der Waals surface area contributed by atoms with Crippen LogP contribution in [0.4, 0.5) is 0 Å². The van der Waals surface area contributed by atoms with Gasteiger partial charge in [0.15, 0.2) is 12.0 Å². The molecule has 47 heavy (non-hydrogen) atoms. The van der Waals surface area contributed by atoms with Gasteiger partial charge in [0.05, 0.1) is 6.93 Å². The van der Waals surface area contributed by atoms with E-state index in [1.54, 1.807) is 29.8 Å². The van der Waals surface area contributed by atoms with Gasteiger partial charge in [0.1, 0.15) is 29.9 Å². The third kappa shape index (κ3) is 5.97. The molecule has 0 fully saturated rings. The molecular weight excluding hydrogens is 576 g/mol. The van der Waals surface area contributed by atoms with Crippen LogP contribution in [0.15, 0.2) is 65.2 Å². The van der Waals surface area contributed by atoms with E-state index in [0.717, 1.165) is 27.5 Å². The monoisotopic (exact) mass is 632 g/mol. The second-order valence-corrected chi connectivity index (χ2v) is 15.8. The van der Waals surface area contributed by atoms with Crippen LogP contribution in [0.5, 0.6) is 0 Å². The molecule has 0 amide bonds. The summed E-state index contributed by atoms with van der Waals surface area (Å²) in [6, 6.07) is 14.8. The van der Waals surface area contributed by atoms with Crippen molar-refractivity contribution in [1.29, 1.82) is 0 Å². The summed E-state index contributed by atoms with van der Waals surface area (Å²) in [6.07, 6.45) is 1.53. The Morgan fingerprint density at radius 3 is 1.98 bits per heavy atom. The second-order valence-electron chi connectivity index (χ2n) is 15.8. The quantitative estimate of drug-likeness (QED) is 0.182. The third-order valence-corrected chi connectivity index (χ3v) is 8.69. The molecule has 3 aromatic carbocycles. The Morgan fingerprint density at radius 2 is 1.36 bits per heavy atom. The van der Waals surface area contributed by atoms with E-state index in [9.17, 15) is 0 Å². The standard InChI is InChI=1S/C42H49N4O/c1-24-14-17-31-30-18-15-27(37-43-38(41(7,8)9)45-39(44-37)42(10,11)12)21-34(30)47-36(31)35(24)33-22-32(26(3)23-46(33)13)29-19-16-28(20-25(29)2)40(4,5)6/h14-23H,1-13H3/q+1/i2D3,3D3,19D. The predicted molar refractivity (Wildman–Crippen MR) is 195 cm³/mol. The minimum atomic E-state index is -2.61. The molecule has 0 aliphatic carbocycles. The molecule has 0 saturated carbocycles. The maximum atomic E-state index is 9.14. The summed E-state index contributed by atoms with van der Waals surface area (Å²) in [5.41, 5.74) is 4.03. The van der Waals surface area contributed by atoms with Crippen molar-refractivity contribution in [2.45, 2.75) is 99.2 Å². The normalized spacial score (nSPS) is 15.5. The summed E-state index contributed by atoms with van der Waals surface area (Å²) >= 11 is 0. The van der Waals surface area contributed by atoms with Gasteiger partial charge >= 0.3 is 0 Å². The van der Waals surface area contributed by atoms with Crippen molar-refractivity contribution in [3.63, 3.8) is 0 Å². The molecule has 0 saturated heterocycles. The number of pyridine rings is 1. The number of rotatable bonds is 3. The van der Waals surface area contributed by atoms with Crippen LogP contribution >= 0.6 is 0 Å². The van der Waals surface area contributed by atoms with Gasteiger partial charge in [-0.1, -0.05) is 98.7 Å². The minimum absolute atomic E-state index is 0.0445. The second kappa shape index (κ2) is 11.1. The molecule has 5 heteroatoms. The lowest BCUT2D eigenvalue weighted by Crippen LogP contribution is -2.31. The Kier molecular flexibility index (Phi) is 5.85. The molecular formula is C42H49N4O+. The fourth-order valence-corrected chi connectivity index (χ4v) is 5.83. The predicted octanol–water partition coefficient (Wildman–Crippen LogP) is 10.4. The van der Waals surface area contributed by atoms with Crippen molar-refractivity contribution in [2.75, 3.05) is 0 Å². The van der Waals surface area contributed by atoms with Crippen molar-refractivity contribution < 1.29 is 18.6 Å². The zero-order valence-electron chi connectivity index (χ0n) is 36.4. The summed E-state index contributed by atoms with van der Waals surface area (Å²) in [6.45, 7) is 15.1. The molecule has 0 unspecified atom stereocenters. The van der Waals surface area contributed by atoms with Gasteiger partial charge < -0.3 is 4.42 Å². The van der Waals surface area contributed by atoms with Crippen molar-refractivity contribution in [3.8, 4) is 33.8 Å². The van der Waals surface area contributed by atoms with Crippen LogP contribution in [0, 0.1) is 20.6 Å². The van der Waals surface area contributed by atoms with Gasteiger partial charge in [-0.25, -0.2) is 19.5 Å². The van der Waals surface area contributed by atoms with Gasteiger partial charge in [0.2, 0.25) is 5.69 Å². The highest BCUT2D eigenvalue weighted by Crippen LogP contribution is 2.40. The smallest absolute Gasteiger partial charge is 0.216 e. The summed E-state index contributed by atoms with van der Waals surface area (Å²) in [5, 5.41) is 1.74. The van der Waals surface area contributed by atoms with Gasteiger partial charge in [-0.3, -0.25) is 0 Å². The van der Waals surface area contributed by atoms with E-state index in [4.69, 9.17) is 29.0 Å². The largest absolute Gasteiger partial charge is 0.455 e. The van der Waals surface area contributed by atoms with Crippen LogP contribution in [0.2, 0.25) is 0 Å². The molecule has 6 rings (SSSR count). The number of hydrogen-bond donors (Lipinski definition) is 0. The van der Waals surface area contributed by atoms with Crippen LogP contribution in [0.1, 0.15) is 106 Å². The molecule has 0 atom stereocenters. The molecule has 0 aliphatic rings. The van der Waals surface area contributed by atoms with Crippen LogP contribution in [0.3, 0.4) is 0 Å². The Morgan fingerprint density at radius 1 is 0.702 bits per heavy atom. The lowest BCUT2D eigenvalue weighted by molar-refractivity contribution is -0.660. The van der Waals surface area contributed by atoms with Crippen molar-refractivity contribution >= 4 is 21.9 Å². The van der Waals surface area contributed by atoms with Gasteiger partial charge in [0.25, 0.3) is 0 Å². The fourth-order valence-electron chi connectivity index (χ4n) is 5.83. The van der Waals surface area contributed by atoms with Crippen molar-refractivity contribution in [3.05, 3.63) is 94.7 Å². The Bertz CT molecular complexity index is 2420. The first kappa shape index (κ1) is 24.7. The first-order valence-electron chi connectivity index (χ1n) is 19.6. The summed E-state index contributed by atoms with van der Waals surface area (Å²) < 4.78 is 68.5. The molecule has 0 spiro atoms. The molecule has 3 heterocycles. The summed E-state index contributed by atoms with van der Waals surface area (Å²) in [5.74, 6) is 1.97. The first-order valence-corrected chi connectivity index (χ1v) is 16.1. The van der Waals surface area contributed by atoms with E-state index < -0.39 is 19.1 Å². The van der Waals surface area contributed by atoms with Crippen molar-refractivity contribution in [1.82, 2.24) is 15.0 Å². The maximum absolute atomic E-state index is 9.14. The SMILES string of the molecule is [2H]c1cc(C(C)(C)C)cc(C([2H])([2H])[2H])c1-c1cc(-c2c(C)ccc3c2oc2cc(-c4nc(C(C)(C)C)nc(C(C)(C)C)n4)ccc23)[n+](C)cc1C([2H])([2H])[2H]. The maximum Gasteiger partial charge on any atom is 0.216 e. The fraction of sp³-hybridized carbons (Fsp3) is 0.381. The highest BCUT2D eigenvalue weighted by molar-refractivity contribution is 6.10. The van der Waals surface area contributed by atoms with E-state index in [0.29, 0.717) is 39.9 Å². The topological polar surface area (TPSA) is 55.7 Å². The lowest BCUT2D eigenvalue weighted by Gasteiger charge is -2.22. The number of nitrogens with zero attached hydrogens (tertiary/aromatic N) is 4. The number of aromatic nitrogens is 4. The summed E-state index contributed by atoms with van der Waals surface area (Å²) in [7, 11) is 1.77. The van der Waals surface area contributed by atoms with E-state index in [1.807, 2.05) is 58.0 Å². The van der Waals surface area contributed by atoms with E-state index in [1.165, 1.54) is 6.20 Å². The summed E-state index contributed by atoms with van der Waals surface area (Å²) in [4.78, 5) is 14.6. The number of hydrogen-bond acceptors (Lipinski definition) is 4. The van der Waals surface area contributed by atoms with Gasteiger partial charge in [0, 0.05) is 47.0 Å². The Hall–Kier alpha value is -4.38. The van der Waals surface area contributed by atoms with Crippen LogP contribution < -0.4 is 4.57 Å². The van der Waals surface area contributed by atoms with Gasteiger partial charge in [-0.05, 0) is 66.0 Å². The molecule has 0 radical (unpaired) electrons. The Balaban J connectivity index is 1.63. The van der Waals surface area contributed by atoms with E-state index in [2.05, 4.69) is 41.5 Å². The van der Waals surface area contributed by atoms with Crippen molar-refractivity contribution in [2.24, 2.45) is 7.05 Å². The van der Waals surface area contributed by atoms with E-state index in [-0.39, 0.29) is 39.1 Å². The lowest BCUT2D eigenvalue weighted by atomic mass is 9.84. The van der Waals surface area contributed by atoms with E-state index >= 15 is 0 Å². The van der Waals surface area contributed by atoms with Crippen LogP contribution in [-0.2, 0) is 23.3 Å². The molecule has 5 nitrogen and oxygen atoms in total. The molecule has 242 valence electrons. The molecule has 3 aromatic heterocycles. The Labute approximate surface area is 290 Å². The zero-order valence-corrected chi connectivity index (χ0v) is 29.4. The van der Waals surface area contributed by atoms with Gasteiger partial charge in [-0.2, -0.15) is 0 Å². The van der Waals surface area contributed by atoms with Gasteiger partial charge in [-0.15, -0.1) is 0 Å². The van der Waals surface area contributed by atoms with Crippen LogP contribution in [0.25, 0.3) is 55.7 Å². The van der Waals surface area contributed by atoms with Crippen LogP contribution in [-0.4, -0.2) is 15.0 Å². The zero-order chi connectivity index (χ0) is 40.1. The molecule has 0 aliphatic heterocycles. The first-order chi connectivity index (χ1) is 24.7. The number of aryl methyl sites for hydroxylation is 4. The highest BCUT2D eigenvalue weighted by Gasteiger charge is 2.27. The molecule has 0 N–H and O–H groups in total. The number of furan rings is 1. The average Bonchev–Trinajstić information content (AvgIpc) is 3.40. The number of benzene rings is 3. The molecule has 6 aromatic rings. The average molecular weight is 633 g/mol.